The van der Waals surface area contributed by atoms with Gasteiger partial charge in [0.25, 0.3) is 0 Å². The summed E-state index contributed by atoms with van der Waals surface area (Å²) in [4.78, 5) is 22.3. The molecule has 98 valence electrons. The van der Waals surface area contributed by atoms with Crippen molar-refractivity contribution < 1.29 is 4.92 Å². The molecule has 2 rings (SSSR count). The van der Waals surface area contributed by atoms with Gasteiger partial charge in [0.1, 0.15) is 12.1 Å². The zero-order valence-corrected chi connectivity index (χ0v) is 10.4. The van der Waals surface area contributed by atoms with Crippen molar-refractivity contribution in [3.8, 4) is 0 Å². The topological polar surface area (TPSA) is 106 Å². The van der Waals surface area contributed by atoms with Gasteiger partial charge in [0.2, 0.25) is 11.6 Å². The molecular formula is C11H12N6O2. The van der Waals surface area contributed by atoms with Crippen molar-refractivity contribution in [1.82, 2.24) is 15.0 Å². The van der Waals surface area contributed by atoms with E-state index < -0.39 is 4.92 Å². The number of aryl methyl sites for hydroxylation is 1. The fourth-order valence-corrected chi connectivity index (χ4v) is 1.55. The van der Waals surface area contributed by atoms with Gasteiger partial charge in [-0.2, -0.15) is 0 Å². The molecule has 0 saturated heterocycles. The average molecular weight is 260 g/mol. The Bertz CT molecular complexity index is 616. The molecule has 8 nitrogen and oxygen atoms in total. The molecule has 0 saturated carbocycles. The highest BCUT2D eigenvalue weighted by molar-refractivity contribution is 5.72. The molecule has 8 heteroatoms. The molecule has 0 spiro atoms. The van der Waals surface area contributed by atoms with Crippen molar-refractivity contribution in [3.63, 3.8) is 0 Å². The first-order valence-corrected chi connectivity index (χ1v) is 5.48. The van der Waals surface area contributed by atoms with Crippen LogP contribution in [0, 0.1) is 17.0 Å². The van der Waals surface area contributed by atoms with E-state index in [9.17, 15) is 10.1 Å². The fourth-order valence-electron chi connectivity index (χ4n) is 1.55. The van der Waals surface area contributed by atoms with Crippen LogP contribution in [0.15, 0.2) is 24.7 Å². The van der Waals surface area contributed by atoms with Crippen molar-refractivity contribution in [3.05, 3.63) is 40.3 Å². The first-order valence-electron chi connectivity index (χ1n) is 5.48. The van der Waals surface area contributed by atoms with Crippen molar-refractivity contribution in [2.45, 2.75) is 6.92 Å². The summed E-state index contributed by atoms with van der Waals surface area (Å²) in [5, 5.41) is 16.6. The van der Waals surface area contributed by atoms with Crippen LogP contribution in [0.3, 0.4) is 0 Å². The number of anilines is 3. The van der Waals surface area contributed by atoms with Crippen LogP contribution >= 0.6 is 0 Å². The monoisotopic (exact) mass is 260 g/mol. The van der Waals surface area contributed by atoms with Crippen molar-refractivity contribution in [2.24, 2.45) is 0 Å². The minimum absolute atomic E-state index is 0.0995. The lowest BCUT2D eigenvalue weighted by atomic mass is 10.3. The third-order valence-corrected chi connectivity index (χ3v) is 2.40. The quantitative estimate of drug-likeness (QED) is 0.638. The third-order valence-electron chi connectivity index (χ3n) is 2.40. The Morgan fingerprint density at radius 1 is 1.26 bits per heavy atom. The highest BCUT2D eigenvalue weighted by Crippen LogP contribution is 2.30. The van der Waals surface area contributed by atoms with E-state index in [-0.39, 0.29) is 17.3 Å². The predicted octanol–water partition coefficient (Wildman–Crippen LogP) is 1.87. The van der Waals surface area contributed by atoms with Crippen molar-refractivity contribution in [1.29, 1.82) is 0 Å². The van der Waals surface area contributed by atoms with Gasteiger partial charge in [-0.05, 0) is 24.6 Å². The first kappa shape index (κ1) is 12.7. The zero-order valence-electron chi connectivity index (χ0n) is 10.4. The first-order chi connectivity index (χ1) is 9.11. The second kappa shape index (κ2) is 5.25. The van der Waals surface area contributed by atoms with Crippen LogP contribution in [0.2, 0.25) is 0 Å². The summed E-state index contributed by atoms with van der Waals surface area (Å²) in [7, 11) is 1.56. The lowest BCUT2D eigenvalue weighted by Crippen LogP contribution is -2.06. The van der Waals surface area contributed by atoms with E-state index in [0.717, 1.165) is 5.56 Å². The Morgan fingerprint density at radius 2 is 2.00 bits per heavy atom. The fraction of sp³-hybridized carbons (Fsp3) is 0.182. The molecule has 0 unspecified atom stereocenters. The summed E-state index contributed by atoms with van der Waals surface area (Å²) in [6.07, 6.45) is 2.86. The normalized spacial score (nSPS) is 10.0. The van der Waals surface area contributed by atoms with Gasteiger partial charge in [-0.1, -0.05) is 0 Å². The summed E-state index contributed by atoms with van der Waals surface area (Å²) in [6, 6.07) is 3.60. The number of nitro groups is 1. The van der Waals surface area contributed by atoms with Gasteiger partial charge in [-0.15, -0.1) is 0 Å². The Kier molecular flexibility index (Phi) is 3.51. The highest BCUT2D eigenvalue weighted by atomic mass is 16.6. The van der Waals surface area contributed by atoms with E-state index >= 15 is 0 Å². The molecule has 0 radical (unpaired) electrons. The summed E-state index contributed by atoms with van der Waals surface area (Å²) in [5.41, 5.74) is 0.774. The van der Waals surface area contributed by atoms with E-state index in [2.05, 4.69) is 25.6 Å². The Balaban J connectivity index is 2.42. The van der Waals surface area contributed by atoms with E-state index in [1.165, 1.54) is 6.33 Å². The number of rotatable bonds is 4. The number of nitrogens with one attached hydrogen (secondary N) is 2. The van der Waals surface area contributed by atoms with E-state index in [4.69, 9.17) is 0 Å². The molecular weight excluding hydrogens is 248 g/mol. The molecule has 0 aliphatic carbocycles. The largest absolute Gasteiger partial charge is 0.367 e. The lowest BCUT2D eigenvalue weighted by Gasteiger charge is -2.07. The van der Waals surface area contributed by atoms with E-state index in [1.807, 2.05) is 13.0 Å². The van der Waals surface area contributed by atoms with Gasteiger partial charge in [0.15, 0.2) is 0 Å². The van der Waals surface area contributed by atoms with Crippen molar-refractivity contribution >= 4 is 23.1 Å². The molecule has 19 heavy (non-hydrogen) atoms. The molecule has 0 atom stereocenters. The molecule has 2 N–H and O–H groups in total. The summed E-state index contributed by atoms with van der Waals surface area (Å²) < 4.78 is 0. The molecule has 0 amide bonds. The molecule has 0 aromatic carbocycles. The minimum Gasteiger partial charge on any atom is -0.367 e. The molecule has 2 heterocycles. The zero-order chi connectivity index (χ0) is 13.8. The number of aromatic nitrogens is 3. The Hall–Kier alpha value is -2.77. The summed E-state index contributed by atoms with van der Waals surface area (Å²) >= 11 is 0. The van der Waals surface area contributed by atoms with Gasteiger partial charge >= 0.3 is 5.69 Å². The maximum absolute atomic E-state index is 11.1. The Morgan fingerprint density at radius 3 is 2.63 bits per heavy atom. The van der Waals surface area contributed by atoms with Crippen LogP contribution in [-0.2, 0) is 0 Å². The van der Waals surface area contributed by atoms with Gasteiger partial charge < -0.3 is 10.6 Å². The lowest BCUT2D eigenvalue weighted by molar-refractivity contribution is -0.383. The summed E-state index contributed by atoms with van der Waals surface area (Å²) in [6.45, 7) is 1.90. The van der Waals surface area contributed by atoms with Crippen LogP contribution in [0.5, 0.6) is 0 Å². The van der Waals surface area contributed by atoms with Gasteiger partial charge in [0.05, 0.1) is 4.92 Å². The van der Waals surface area contributed by atoms with Crippen LogP contribution in [0.4, 0.5) is 23.1 Å². The molecule has 0 aliphatic heterocycles. The van der Waals surface area contributed by atoms with Gasteiger partial charge in [-0.25, -0.2) is 15.0 Å². The average Bonchev–Trinajstić information content (AvgIpc) is 2.38. The molecule has 2 aromatic rings. The van der Waals surface area contributed by atoms with Crippen molar-refractivity contribution in [2.75, 3.05) is 17.7 Å². The van der Waals surface area contributed by atoms with E-state index in [1.54, 1.807) is 19.3 Å². The van der Waals surface area contributed by atoms with Crippen LogP contribution in [0.1, 0.15) is 5.56 Å². The number of pyridine rings is 1. The summed E-state index contributed by atoms with van der Waals surface area (Å²) in [5.74, 6) is 0.737. The van der Waals surface area contributed by atoms with Crippen LogP contribution in [0.25, 0.3) is 0 Å². The number of hydrogen-bond acceptors (Lipinski definition) is 7. The molecule has 0 fully saturated rings. The second-order valence-electron chi connectivity index (χ2n) is 3.77. The standard InChI is InChI=1S/C11H12N6O2/c1-7-3-4-13-8(5-7)16-11-9(17(18)19)10(12-2)14-6-15-11/h3-6H,1-2H3,(H2,12,13,14,15,16). The molecule has 0 aliphatic rings. The minimum atomic E-state index is -0.538. The smallest absolute Gasteiger partial charge is 0.353 e. The van der Waals surface area contributed by atoms with Gasteiger partial charge in [-0.3, -0.25) is 10.1 Å². The molecule has 0 bridgehead atoms. The number of hydrogen-bond donors (Lipinski definition) is 2. The van der Waals surface area contributed by atoms with Crippen LogP contribution in [-0.4, -0.2) is 26.9 Å². The van der Waals surface area contributed by atoms with E-state index in [0.29, 0.717) is 5.82 Å². The number of nitrogens with zero attached hydrogens (tertiary/aromatic N) is 4. The SMILES string of the molecule is CNc1ncnc(Nc2cc(C)ccn2)c1[N+](=O)[O-]. The van der Waals surface area contributed by atoms with Crippen LogP contribution < -0.4 is 10.6 Å². The Labute approximate surface area is 109 Å². The predicted molar refractivity (Wildman–Crippen MR) is 70.5 cm³/mol. The van der Waals surface area contributed by atoms with Gasteiger partial charge in [0, 0.05) is 13.2 Å². The third kappa shape index (κ3) is 2.73. The molecule has 2 aromatic heterocycles. The highest BCUT2D eigenvalue weighted by Gasteiger charge is 2.22. The maximum atomic E-state index is 11.1. The second-order valence-corrected chi connectivity index (χ2v) is 3.77. The maximum Gasteiger partial charge on any atom is 0.353 e.